The van der Waals surface area contributed by atoms with Crippen molar-refractivity contribution in [2.24, 2.45) is 0 Å². The number of ether oxygens (including phenoxy) is 1. The average molecular weight is 352 g/mol. The Morgan fingerprint density at radius 1 is 1.22 bits per heavy atom. The van der Waals surface area contributed by atoms with Crippen molar-refractivity contribution in [3.63, 3.8) is 0 Å². The molecule has 2 aromatic rings. The predicted molar refractivity (Wildman–Crippen MR) is 94.3 cm³/mol. The molecular formula is C18H19Cl2NO2. The van der Waals surface area contributed by atoms with Crippen LogP contribution in [-0.2, 0) is 11.3 Å². The van der Waals surface area contributed by atoms with E-state index in [-0.39, 0.29) is 5.91 Å². The van der Waals surface area contributed by atoms with Crippen LogP contribution in [-0.4, -0.2) is 12.0 Å². The zero-order valence-electron chi connectivity index (χ0n) is 13.3. The molecule has 0 saturated heterocycles. The van der Waals surface area contributed by atoms with Crippen molar-refractivity contribution in [1.82, 2.24) is 5.32 Å². The topological polar surface area (TPSA) is 38.3 Å². The van der Waals surface area contributed by atoms with Crippen molar-refractivity contribution in [3.8, 4) is 5.75 Å². The molecule has 0 bridgehead atoms. The van der Waals surface area contributed by atoms with E-state index in [9.17, 15) is 4.79 Å². The highest BCUT2D eigenvalue weighted by Gasteiger charge is 2.16. The van der Waals surface area contributed by atoms with Crippen molar-refractivity contribution in [2.75, 3.05) is 0 Å². The average Bonchev–Trinajstić information content (AvgIpc) is 2.50. The molecule has 5 heteroatoms. The second-order valence-corrected chi connectivity index (χ2v) is 6.26. The molecule has 2 aromatic carbocycles. The summed E-state index contributed by atoms with van der Waals surface area (Å²) in [6.07, 6.45) is -0.596. The van der Waals surface area contributed by atoms with Gasteiger partial charge in [-0.2, -0.15) is 0 Å². The standard InChI is InChI=1S/C18H19Cl2NO2/c1-11-5-4-6-17(12(11)2)23-13(3)18(22)21-10-14-7-8-15(19)9-16(14)20/h4-9,13H,10H2,1-3H3,(H,21,22)/t13-/m1/s1. The molecule has 0 saturated carbocycles. The first-order chi connectivity index (χ1) is 10.9. The molecule has 122 valence electrons. The third-order valence-corrected chi connectivity index (χ3v) is 4.28. The molecule has 0 aliphatic rings. The minimum atomic E-state index is -0.596. The molecule has 0 fully saturated rings. The van der Waals surface area contributed by atoms with E-state index in [0.717, 1.165) is 22.4 Å². The van der Waals surface area contributed by atoms with Crippen molar-refractivity contribution in [1.29, 1.82) is 0 Å². The van der Waals surface area contributed by atoms with Crippen LogP contribution in [0.15, 0.2) is 36.4 Å². The summed E-state index contributed by atoms with van der Waals surface area (Å²) >= 11 is 11.9. The summed E-state index contributed by atoms with van der Waals surface area (Å²) in [4.78, 5) is 12.2. The summed E-state index contributed by atoms with van der Waals surface area (Å²) in [5.41, 5.74) is 2.97. The highest BCUT2D eigenvalue weighted by Crippen LogP contribution is 2.22. The fraction of sp³-hybridized carbons (Fsp3) is 0.278. The number of carbonyl (C=O) groups excluding carboxylic acids is 1. The lowest BCUT2D eigenvalue weighted by Gasteiger charge is -2.17. The van der Waals surface area contributed by atoms with E-state index in [2.05, 4.69) is 5.32 Å². The summed E-state index contributed by atoms with van der Waals surface area (Å²) in [6, 6.07) is 11.0. The normalized spacial score (nSPS) is 11.9. The van der Waals surface area contributed by atoms with Crippen LogP contribution in [0, 0.1) is 13.8 Å². The van der Waals surface area contributed by atoms with Gasteiger partial charge in [-0.1, -0.05) is 41.4 Å². The maximum atomic E-state index is 12.2. The molecule has 0 radical (unpaired) electrons. The number of aryl methyl sites for hydroxylation is 1. The van der Waals surface area contributed by atoms with Crippen LogP contribution >= 0.6 is 23.2 Å². The molecule has 0 unspecified atom stereocenters. The molecule has 0 aliphatic carbocycles. The minimum Gasteiger partial charge on any atom is -0.481 e. The van der Waals surface area contributed by atoms with Crippen LogP contribution in [0.1, 0.15) is 23.6 Å². The summed E-state index contributed by atoms with van der Waals surface area (Å²) < 4.78 is 5.76. The number of benzene rings is 2. The van der Waals surface area contributed by atoms with Gasteiger partial charge in [0.1, 0.15) is 5.75 Å². The highest BCUT2D eigenvalue weighted by atomic mass is 35.5. The predicted octanol–water partition coefficient (Wildman–Crippen LogP) is 4.69. The van der Waals surface area contributed by atoms with Gasteiger partial charge in [0.05, 0.1) is 0 Å². The summed E-state index contributed by atoms with van der Waals surface area (Å²) in [5, 5.41) is 3.92. The van der Waals surface area contributed by atoms with E-state index in [4.69, 9.17) is 27.9 Å². The quantitative estimate of drug-likeness (QED) is 0.848. The van der Waals surface area contributed by atoms with Crippen LogP contribution in [0.5, 0.6) is 5.75 Å². The number of hydrogen-bond acceptors (Lipinski definition) is 2. The Morgan fingerprint density at radius 3 is 2.65 bits per heavy atom. The zero-order valence-corrected chi connectivity index (χ0v) is 14.8. The first-order valence-corrected chi connectivity index (χ1v) is 8.08. The molecule has 0 aliphatic heterocycles. The SMILES string of the molecule is Cc1cccc(O[C@H](C)C(=O)NCc2ccc(Cl)cc2Cl)c1C. The Balaban J connectivity index is 1.96. The Kier molecular flexibility index (Phi) is 5.91. The Hall–Kier alpha value is -1.71. The Labute approximate surface area is 146 Å². The monoisotopic (exact) mass is 351 g/mol. The first kappa shape index (κ1) is 17.6. The fourth-order valence-corrected chi connectivity index (χ4v) is 2.56. The van der Waals surface area contributed by atoms with Crippen LogP contribution in [0.2, 0.25) is 10.0 Å². The van der Waals surface area contributed by atoms with Gasteiger partial charge < -0.3 is 10.1 Å². The van der Waals surface area contributed by atoms with Gasteiger partial charge in [0.25, 0.3) is 5.91 Å². The lowest BCUT2D eigenvalue weighted by Crippen LogP contribution is -2.36. The molecule has 1 atom stereocenters. The van der Waals surface area contributed by atoms with Crippen LogP contribution in [0.25, 0.3) is 0 Å². The highest BCUT2D eigenvalue weighted by molar-refractivity contribution is 6.35. The molecular weight excluding hydrogens is 333 g/mol. The largest absolute Gasteiger partial charge is 0.481 e. The van der Waals surface area contributed by atoms with Gasteiger partial charge in [0, 0.05) is 16.6 Å². The maximum Gasteiger partial charge on any atom is 0.261 e. The van der Waals surface area contributed by atoms with E-state index in [0.29, 0.717) is 16.6 Å². The Morgan fingerprint density at radius 2 is 1.96 bits per heavy atom. The van der Waals surface area contributed by atoms with Gasteiger partial charge in [-0.05, 0) is 55.7 Å². The van der Waals surface area contributed by atoms with Gasteiger partial charge >= 0.3 is 0 Å². The number of hydrogen-bond donors (Lipinski definition) is 1. The van der Waals surface area contributed by atoms with Gasteiger partial charge in [-0.25, -0.2) is 0 Å². The van der Waals surface area contributed by atoms with Crippen LogP contribution in [0.4, 0.5) is 0 Å². The van der Waals surface area contributed by atoms with Gasteiger partial charge in [0.2, 0.25) is 0 Å². The minimum absolute atomic E-state index is 0.197. The van der Waals surface area contributed by atoms with E-state index in [1.165, 1.54) is 0 Å². The summed E-state index contributed by atoms with van der Waals surface area (Å²) in [5.74, 6) is 0.522. The van der Waals surface area contributed by atoms with E-state index in [1.54, 1.807) is 25.1 Å². The Bertz CT molecular complexity index is 716. The molecule has 0 heterocycles. The smallest absolute Gasteiger partial charge is 0.261 e. The van der Waals surface area contributed by atoms with Gasteiger partial charge in [-0.15, -0.1) is 0 Å². The zero-order chi connectivity index (χ0) is 17.0. The molecule has 1 amide bonds. The summed E-state index contributed by atoms with van der Waals surface area (Å²) in [7, 11) is 0. The second kappa shape index (κ2) is 7.71. The van der Waals surface area contributed by atoms with Crippen LogP contribution in [0.3, 0.4) is 0 Å². The second-order valence-electron chi connectivity index (χ2n) is 5.41. The molecule has 2 rings (SSSR count). The molecule has 1 N–H and O–H groups in total. The molecule has 3 nitrogen and oxygen atoms in total. The lowest BCUT2D eigenvalue weighted by molar-refractivity contribution is -0.127. The van der Waals surface area contributed by atoms with E-state index < -0.39 is 6.10 Å². The molecule has 23 heavy (non-hydrogen) atoms. The number of nitrogens with one attached hydrogen (secondary N) is 1. The number of amides is 1. The van der Waals surface area contributed by atoms with Crippen molar-refractivity contribution >= 4 is 29.1 Å². The molecule has 0 spiro atoms. The number of halogens is 2. The number of rotatable bonds is 5. The lowest BCUT2D eigenvalue weighted by atomic mass is 10.1. The van der Waals surface area contributed by atoms with E-state index in [1.807, 2.05) is 32.0 Å². The van der Waals surface area contributed by atoms with Crippen molar-refractivity contribution < 1.29 is 9.53 Å². The van der Waals surface area contributed by atoms with Gasteiger partial charge in [-0.3, -0.25) is 4.79 Å². The van der Waals surface area contributed by atoms with Crippen LogP contribution < -0.4 is 10.1 Å². The first-order valence-electron chi connectivity index (χ1n) is 7.33. The molecule has 0 aromatic heterocycles. The van der Waals surface area contributed by atoms with Crippen molar-refractivity contribution in [2.45, 2.75) is 33.4 Å². The van der Waals surface area contributed by atoms with E-state index >= 15 is 0 Å². The number of carbonyl (C=O) groups is 1. The van der Waals surface area contributed by atoms with Gasteiger partial charge in [0.15, 0.2) is 6.10 Å². The third-order valence-electron chi connectivity index (χ3n) is 3.70. The van der Waals surface area contributed by atoms with Crippen molar-refractivity contribution in [3.05, 3.63) is 63.1 Å². The summed E-state index contributed by atoms with van der Waals surface area (Å²) in [6.45, 7) is 6.04. The fourth-order valence-electron chi connectivity index (χ4n) is 2.09. The maximum absolute atomic E-state index is 12.2. The third kappa shape index (κ3) is 4.63.